The van der Waals surface area contributed by atoms with Crippen LogP contribution in [-0.4, -0.2) is 44.9 Å². The van der Waals surface area contributed by atoms with E-state index in [1.54, 1.807) is 26.4 Å². The molecule has 2 aromatic rings. The second kappa shape index (κ2) is 11.3. The van der Waals surface area contributed by atoms with Gasteiger partial charge in [-0.25, -0.2) is 0 Å². The van der Waals surface area contributed by atoms with Crippen LogP contribution in [0.5, 0.6) is 11.5 Å². The van der Waals surface area contributed by atoms with Crippen molar-refractivity contribution in [1.82, 2.24) is 10.6 Å². The SMILES string of the molecule is CCNC(=NCC(C)c1cccc(C)c1)NCC(O)c1ccc(OC)c(OC)c1. The fourth-order valence-electron chi connectivity index (χ4n) is 3.02. The molecule has 0 aliphatic heterocycles. The summed E-state index contributed by atoms with van der Waals surface area (Å²) < 4.78 is 10.6. The lowest BCUT2D eigenvalue weighted by atomic mass is 10.00. The van der Waals surface area contributed by atoms with E-state index < -0.39 is 6.10 Å². The van der Waals surface area contributed by atoms with Gasteiger partial charge in [0.2, 0.25) is 0 Å². The number of nitrogens with one attached hydrogen (secondary N) is 2. The fourth-order valence-corrected chi connectivity index (χ4v) is 3.02. The number of hydrogen-bond donors (Lipinski definition) is 3. The molecule has 158 valence electrons. The van der Waals surface area contributed by atoms with Gasteiger partial charge in [0.25, 0.3) is 0 Å². The third-order valence-electron chi connectivity index (χ3n) is 4.73. The van der Waals surface area contributed by atoms with E-state index in [9.17, 15) is 5.11 Å². The average molecular weight is 400 g/mol. The van der Waals surface area contributed by atoms with Gasteiger partial charge in [0, 0.05) is 25.6 Å². The van der Waals surface area contributed by atoms with Crippen LogP contribution in [-0.2, 0) is 0 Å². The lowest BCUT2D eigenvalue weighted by Gasteiger charge is -2.18. The maximum atomic E-state index is 10.6. The molecule has 2 aromatic carbocycles. The van der Waals surface area contributed by atoms with E-state index in [1.807, 2.05) is 13.0 Å². The molecule has 0 bridgehead atoms. The highest BCUT2D eigenvalue weighted by molar-refractivity contribution is 5.79. The van der Waals surface area contributed by atoms with Gasteiger partial charge < -0.3 is 25.2 Å². The summed E-state index contributed by atoms with van der Waals surface area (Å²) >= 11 is 0. The van der Waals surface area contributed by atoms with Gasteiger partial charge >= 0.3 is 0 Å². The molecule has 29 heavy (non-hydrogen) atoms. The van der Waals surface area contributed by atoms with E-state index in [0.29, 0.717) is 36.5 Å². The van der Waals surface area contributed by atoms with Crippen LogP contribution >= 0.6 is 0 Å². The molecule has 0 spiro atoms. The standard InChI is InChI=1S/C23H33N3O3/c1-6-24-23(25-14-17(3)18-9-7-8-16(2)12-18)26-15-20(27)19-10-11-21(28-4)22(13-19)29-5/h7-13,17,20,27H,6,14-15H2,1-5H3,(H2,24,25,26). The number of benzene rings is 2. The molecule has 0 aromatic heterocycles. The summed E-state index contributed by atoms with van der Waals surface area (Å²) in [6, 6.07) is 13.9. The van der Waals surface area contributed by atoms with Crippen molar-refractivity contribution in [2.24, 2.45) is 4.99 Å². The summed E-state index contributed by atoms with van der Waals surface area (Å²) in [5.41, 5.74) is 3.27. The zero-order valence-corrected chi connectivity index (χ0v) is 18.0. The summed E-state index contributed by atoms with van der Waals surface area (Å²) in [5.74, 6) is 2.22. The Bertz CT molecular complexity index is 808. The second-order valence-corrected chi connectivity index (χ2v) is 7.05. The molecule has 0 aliphatic rings. The summed E-state index contributed by atoms with van der Waals surface area (Å²) in [7, 11) is 3.17. The monoisotopic (exact) mass is 399 g/mol. The summed E-state index contributed by atoms with van der Waals surface area (Å²) in [4.78, 5) is 4.68. The van der Waals surface area contributed by atoms with Crippen molar-refractivity contribution in [2.45, 2.75) is 32.8 Å². The Labute approximate surface area is 174 Å². The smallest absolute Gasteiger partial charge is 0.191 e. The van der Waals surface area contributed by atoms with Crippen LogP contribution in [0.3, 0.4) is 0 Å². The Morgan fingerprint density at radius 3 is 2.45 bits per heavy atom. The van der Waals surface area contributed by atoms with Crippen molar-refractivity contribution in [3.8, 4) is 11.5 Å². The number of ether oxygens (including phenoxy) is 2. The first kappa shape index (κ1) is 22.6. The predicted octanol–water partition coefficient (Wildman–Crippen LogP) is 3.40. The number of aryl methyl sites for hydroxylation is 1. The molecule has 0 amide bonds. The average Bonchev–Trinajstić information content (AvgIpc) is 2.74. The van der Waals surface area contributed by atoms with E-state index in [2.05, 4.69) is 53.7 Å². The molecular weight excluding hydrogens is 366 g/mol. The van der Waals surface area contributed by atoms with Crippen LogP contribution in [0.25, 0.3) is 0 Å². The lowest BCUT2D eigenvalue weighted by Crippen LogP contribution is -2.39. The van der Waals surface area contributed by atoms with Gasteiger partial charge in [-0.3, -0.25) is 4.99 Å². The molecular formula is C23H33N3O3. The van der Waals surface area contributed by atoms with Crippen LogP contribution in [0.15, 0.2) is 47.5 Å². The van der Waals surface area contributed by atoms with Gasteiger partial charge in [0.05, 0.1) is 20.3 Å². The lowest BCUT2D eigenvalue weighted by molar-refractivity contribution is 0.180. The maximum absolute atomic E-state index is 10.6. The number of aliphatic hydroxyl groups is 1. The van der Waals surface area contributed by atoms with E-state index in [-0.39, 0.29) is 0 Å². The highest BCUT2D eigenvalue weighted by Gasteiger charge is 2.13. The van der Waals surface area contributed by atoms with Gasteiger partial charge in [-0.1, -0.05) is 42.8 Å². The minimum absolute atomic E-state index is 0.307. The van der Waals surface area contributed by atoms with Gasteiger partial charge in [-0.15, -0.1) is 0 Å². The van der Waals surface area contributed by atoms with Gasteiger partial charge in [0.15, 0.2) is 17.5 Å². The zero-order chi connectivity index (χ0) is 21.2. The zero-order valence-electron chi connectivity index (χ0n) is 18.0. The Morgan fingerprint density at radius 1 is 1.03 bits per heavy atom. The predicted molar refractivity (Wildman–Crippen MR) is 118 cm³/mol. The molecule has 2 unspecified atom stereocenters. The molecule has 0 radical (unpaired) electrons. The number of guanidine groups is 1. The number of nitrogens with zero attached hydrogens (tertiary/aromatic N) is 1. The summed E-state index contributed by atoms with van der Waals surface area (Å²) in [6.45, 7) is 8.02. The van der Waals surface area contributed by atoms with Gasteiger partial charge in [-0.05, 0) is 37.1 Å². The number of aliphatic imine (C=N–C) groups is 1. The molecule has 6 nitrogen and oxygen atoms in total. The normalized spacial score (nSPS) is 13.5. The Kier molecular flexibility index (Phi) is 8.80. The van der Waals surface area contributed by atoms with E-state index in [4.69, 9.17) is 9.47 Å². The van der Waals surface area contributed by atoms with Crippen LogP contribution in [0.4, 0.5) is 0 Å². The number of hydrogen-bond acceptors (Lipinski definition) is 4. The maximum Gasteiger partial charge on any atom is 0.191 e. The third kappa shape index (κ3) is 6.68. The molecule has 0 heterocycles. The van der Waals surface area contributed by atoms with Crippen molar-refractivity contribution < 1.29 is 14.6 Å². The Balaban J connectivity index is 2.00. The molecule has 0 fully saturated rings. The summed E-state index contributed by atoms with van der Waals surface area (Å²) in [6.07, 6.45) is -0.701. The minimum atomic E-state index is -0.701. The van der Waals surface area contributed by atoms with E-state index in [0.717, 1.165) is 12.1 Å². The second-order valence-electron chi connectivity index (χ2n) is 7.05. The van der Waals surface area contributed by atoms with Crippen molar-refractivity contribution in [2.75, 3.05) is 33.9 Å². The van der Waals surface area contributed by atoms with Crippen LogP contribution in [0.1, 0.15) is 42.6 Å². The first-order valence-corrected chi connectivity index (χ1v) is 9.97. The Morgan fingerprint density at radius 2 is 1.79 bits per heavy atom. The van der Waals surface area contributed by atoms with Crippen LogP contribution in [0.2, 0.25) is 0 Å². The van der Waals surface area contributed by atoms with Crippen molar-refractivity contribution in [1.29, 1.82) is 0 Å². The quantitative estimate of drug-likeness (QED) is 0.445. The molecule has 0 saturated carbocycles. The molecule has 2 rings (SSSR count). The molecule has 2 atom stereocenters. The van der Waals surface area contributed by atoms with Crippen molar-refractivity contribution in [3.05, 3.63) is 59.2 Å². The number of methoxy groups -OCH3 is 2. The van der Waals surface area contributed by atoms with Crippen molar-refractivity contribution in [3.63, 3.8) is 0 Å². The highest BCUT2D eigenvalue weighted by atomic mass is 16.5. The van der Waals surface area contributed by atoms with Gasteiger partial charge in [-0.2, -0.15) is 0 Å². The molecule has 3 N–H and O–H groups in total. The molecule has 0 aliphatic carbocycles. The van der Waals surface area contributed by atoms with Crippen molar-refractivity contribution >= 4 is 5.96 Å². The van der Waals surface area contributed by atoms with E-state index >= 15 is 0 Å². The topological polar surface area (TPSA) is 75.1 Å². The van der Waals surface area contributed by atoms with Gasteiger partial charge in [0.1, 0.15) is 0 Å². The molecule has 0 saturated heterocycles. The highest BCUT2D eigenvalue weighted by Crippen LogP contribution is 2.29. The fraction of sp³-hybridized carbons (Fsp3) is 0.435. The first-order chi connectivity index (χ1) is 14.0. The Hall–Kier alpha value is -2.73. The number of aliphatic hydroxyl groups excluding tert-OH is 1. The van der Waals surface area contributed by atoms with Crippen LogP contribution < -0.4 is 20.1 Å². The minimum Gasteiger partial charge on any atom is -0.493 e. The number of rotatable bonds is 9. The molecule has 6 heteroatoms. The van der Waals surface area contributed by atoms with Crippen LogP contribution in [0, 0.1) is 6.92 Å². The largest absolute Gasteiger partial charge is 0.493 e. The first-order valence-electron chi connectivity index (χ1n) is 9.97. The third-order valence-corrected chi connectivity index (χ3v) is 4.73. The summed E-state index contributed by atoms with van der Waals surface area (Å²) in [5, 5.41) is 17.0. The van der Waals surface area contributed by atoms with E-state index in [1.165, 1.54) is 11.1 Å².